The van der Waals surface area contributed by atoms with Crippen molar-refractivity contribution in [1.29, 1.82) is 0 Å². The monoisotopic (exact) mass is 178 g/mol. The maximum absolute atomic E-state index is 8.65. The lowest BCUT2D eigenvalue weighted by Gasteiger charge is -2.11. The molecule has 2 nitrogen and oxygen atoms in total. The summed E-state index contributed by atoms with van der Waals surface area (Å²) in [6, 6.07) is 8.37. The molecular formula is C11H14O2. The van der Waals surface area contributed by atoms with Crippen LogP contribution in [0.15, 0.2) is 24.3 Å². The van der Waals surface area contributed by atoms with Gasteiger partial charge in [-0.3, -0.25) is 0 Å². The van der Waals surface area contributed by atoms with Gasteiger partial charge in [-0.05, 0) is 24.0 Å². The highest BCUT2D eigenvalue weighted by Crippen LogP contribution is 2.33. The van der Waals surface area contributed by atoms with Gasteiger partial charge < -0.3 is 9.84 Å². The molecule has 1 aliphatic rings. The van der Waals surface area contributed by atoms with Gasteiger partial charge >= 0.3 is 0 Å². The predicted molar refractivity (Wildman–Crippen MR) is 50.5 cm³/mol. The summed E-state index contributed by atoms with van der Waals surface area (Å²) in [5.74, 6) is 0. The standard InChI is InChI=1S/C11H14O2/c12-7-8-13-11-6-5-9-3-1-2-4-10(9)11/h1-4,11-12H,5-8H2. The van der Waals surface area contributed by atoms with Gasteiger partial charge in [0.25, 0.3) is 0 Å². The lowest BCUT2D eigenvalue weighted by Crippen LogP contribution is -2.04. The van der Waals surface area contributed by atoms with Crippen LogP contribution in [0.2, 0.25) is 0 Å². The Morgan fingerprint density at radius 1 is 1.38 bits per heavy atom. The minimum absolute atomic E-state index is 0.110. The first kappa shape index (κ1) is 8.73. The second kappa shape index (κ2) is 3.90. The zero-order valence-electron chi connectivity index (χ0n) is 7.57. The molecule has 1 aliphatic carbocycles. The molecule has 1 atom stereocenters. The van der Waals surface area contributed by atoms with Crippen molar-refractivity contribution in [3.05, 3.63) is 35.4 Å². The van der Waals surface area contributed by atoms with E-state index in [4.69, 9.17) is 9.84 Å². The molecule has 1 aromatic rings. The molecule has 0 aromatic heterocycles. The minimum Gasteiger partial charge on any atom is -0.394 e. The second-order valence-electron chi connectivity index (χ2n) is 3.32. The van der Waals surface area contributed by atoms with E-state index in [0.29, 0.717) is 6.61 Å². The molecule has 2 heteroatoms. The summed E-state index contributed by atoms with van der Waals surface area (Å²) in [5, 5.41) is 8.65. The smallest absolute Gasteiger partial charge is 0.0831 e. The van der Waals surface area contributed by atoms with Crippen molar-refractivity contribution in [1.82, 2.24) is 0 Å². The summed E-state index contributed by atoms with van der Waals surface area (Å²) in [6.07, 6.45) is 2.37. The lowest BCUT2D eigenvalue weighted by molar-refractivity contribution is 0.0290. The van der Waals surface area contributed by atoms with E-state index in [9.17, 15) is 0 Å². The molecule has 2 rings (SSSR count). The van der Waals surface area contributed by atoms with Gasteiger partial charge in [0.2, 0.25) is 0 Å². The van der Waals surface area contributed by atoms with Crippen LogP contribution < -0.4 is 0 Å². The topological polar surface area (TPSA) is 29.5 Å². The highest BCUT2D eigenvalue weighted by atomic mass is 16.5. The molecule has 1 unspecified atom stereocenters. The third-order valence-electron chi connectivity index (χ3n) is 2.49. The fraction of sp³-hybridized carbons (Fsp3) is 0.455. The van der Waals surface area contributed by atoms with Gasteiger partial charge in [0.15, 0.2) is 0 Å². The Kier molecular flexibility index (Phi) is 2.62. The summed E-state index contributed by atoms with van der Waals surface area (Å²) >= 11 is 0. The van der Waals surface area contributed by atoms with Crippen LogP contribution in [0.1, 0.15) is 23.7 Å². The third kappa shape index (κ3) is 1.74. The first-order valence-electron chi connectivity index (χ1n) is 4.72. The molecule has 13 heavy (non-hydrogen) atoms. The van der Waals surface area contributed by atoms with Gasteiger partial charge in [-0.1, -0.05) is 24.3 Å². The number of ether oxygens (including phenoxy) is 1. The van der Waals surface area contributed by atoms with E-state index in [0.717, 1.165) is 12.8 Å². The number of hydrogen-bond acceptors (Lipinski definition) is 2. The Labute approximate surface area is 78.2 Å². The number of aryl methyl sites for hydroxylation is 1. The summed E-state index contributed by atoms with van der Waals surface area (Å²) in [6.45, 7) is 0.553. The SMILES string of the molecule is OCCOC1CCc2ccccc21. The van der Waals surface area contributed by atoms with E-state index in [1.807, 2.05) is 6.07 Å². The van der Waals surface area contributed by atoms with Crippen LogP contribution in [0.3, 0.4) is 0 Å². The lowest BCUT2D eigenvalue weighted by atomic mass is 10.1. The van der Waals surface area contributed by atoms with Crippen LogP contribution in [0, 0.1) is 0 Å². The Morgan fingerprint density at radius 2 is 2.23 bits per heavy atom. The van der Waals surface area contributed by atoms with Crippen molar-refractivity contribution < 1.29 is 9.84 Å². The molecular weight excluding hydrogens is 164 g/mol. The fourth-order valence-electron chi connectivity index (χ4n) is 1.89. The molecule has 0 amide bonds. The fourth-order valence-corrected chi connectivity index (χ4v) is 1.89. The van der Waals surface area contributed by atoms with E-state index in [2.05, 4.69) is 18.2 Å². The van der Waals surface area contributed by atoms with Crippen LogP contribution in [-0.2, 0) is 11.2 Å². The van der Waals surface area contributed by atoms with E-state index in [1.165, 1.54) is 11.1 Å². The molecule has 0 fully saturated rings. The number of fused-ring (bicyclic) bond motifs is 1. The zero-order chi connectivity index (χ0) is 9.10. The van der Waals surface area contributed by atoms with E-state index >= 15 is 0 Å². The van der Waals surface area contributed by atoms with Crippen LogP contribution in [0.4, 0.5) is 0 Å². The van der Waals surface area contributed by atoms with E-state index in [1.54, 1.807) is 0 Å². The number of aliphatic hydroxyl groups excluding tert-OH is 1. The van der Waals surface area contributed by atoms with Gasteiger partial charge in [-0.15, -0.1) is 0 Å². The Bertz CT molecular complexity index is 283. The van der Waals surface area contributed by atoms with Crippen molar-refractivity contribution in [2.24, 2.45) is 0 Å². The molecule has 0 aliphatic heterocycles. The van der Waals surface area contributed by atoms with Crippen LogP contribution in [-0.4, -0.2) is 18.3 Å². The molecule has 0 saturated heterocycles. The molecule has 1 N–H and O–H groups in total. The predicted octanol–water partition coefficient (Wildman–Crippen LogP) is 1.68. The molecule has 0 heterocycles. The number of benzene rings is 1. The summed E-state index contributed by atoms with van der Waals surface area (Å²) in [5.41, 5.74) is 2.70. The molecule has 1 aromatic carbocycles. The molecule has 0 saturated carbocycles. The third-order valence-corrected chi connectivity index (χ3v) is 2.49. The van der Waals surface area contributed by atoms with Gasteiger partial charge in [0, 0.05) is 0 Å². The zero-order valence-corrected chi connectivity index (χ0v) is 7.57. The Morgan fingerprint density at radius 3 is 3.08 bits per heavy atom. The molecule has 0 bridgehead atoms. The second-order valence-corrected chi connectivity index (χ2v) is 3.32. The Balaban J connectivity index is 2.09. The van der Waals surface area contributed by atoms with Crippen molar-refractivity contribution >= 4 is 0 Å². The largest absolute Gasteiger partial charge is 0.394 e. The van der Waals surface area contributed by atoms with Crippen LogP contribution >= 0.6 is 0 Å². The average molecular weight is 178 g/mol. The quantitative estimate of drug-likeness (QED) is 0.763. The van der Waals surface area contributed by atoms with Crippen LogP contribution in [0.25, 0.3) is 0 Å². The number of hydrogen-bond donors (Lipinski definition) is 1. The molecule has 0 spiro atoms. The minimum atomic E-state index is 0.110. The van der Waals surface area contributed by atoms with Crippen molar-refractivity contribution in [2.45, 2.75) is 18.9 Å². The van der Waals surface area contributed by atoms with Crippen LogP contribution in [0.5, 0.6) is 0 Å². The van der Waals surface area contributed by atoms with Crippen molar-refractivity contribution in [2.75, 3.05) is 13.2 Å². The highest BCUT2D eigenvalue weighted by molar-refractivity contribution is 5.33. The summed E-state index contributed by atoms with van der Waals surface area (Å²) in [4.78, 5) is 0. The maximum Gasteiger partial charge on any atom is 0.0831 e. The summed E-state index contributed by atoms with van der Waals surface area (Å²) < 4.78 is 5.53. The molecule has 0 radical (unpaired) electrons. The molecule has 70 valence electrons. The highest BCUT2D eigenvalue weighted by Gasteiger charge is 2.21. The van der Waals surface area contributed by atoms with Gasteiger partial charge in [0.05, 0.1) is 19.3 Å². The van der Waals surface area contributed by atoms with E-state index in [-0.39, 0.29) is 12.7 Å². The Hall–Kier alpha value is -0.860. The van der Waals surface area contributed by atoms with E-state index < -0.39 is 0 Å². The van der Waals surface area contributed by atoms with Gasteiger partial charge in [-0.2, -0.15) is 0 Å². The number of aliphatic hydroxyl groups is 1. The van der Waals surface area contributed by atoms with Crippen molar-refractivity contribution in [3.8, 4) is 0 Å². The van der Waals surface area contributed by atoms with Gasteiger partial charge in [-0.25, -0.2) is 0 Å². The first-order valence-corrected chi connectivity index (χ1v) is 4.72. The average Bonchev–Trinajstić information content (AvgIpc) is 2.58. The van der Waals surface area contributed by atoms with Crippen molar-refractivity contribution in [3.63, 3.8) is 0 Å². The number of rotatable bonds is 3. The normalized spacial score (nSPS) is 20.2. The van der Waals surface area contributed by atoms with Gasteiger partial charge in [0.1, 0.15) is 0 Å². The summed E-state index contributed by atoms with van der Waals surface area (Å²) in [7, 11) is 0. The maximum atomic E-state index is 8.65. The first-order chi connectivity index (χ1) is 6.42.